The van der Waals surface area contributed by atoms with E-state index in [0.717, 1.165) is 11.0 Å². The lowest BCUT2D eigenvalue weighted by atomic mass is 10.2. The molecule has 1 aliphatic heterocycles. The van der Waals surface area contributed by atoms with Crippen LogP contribution < -0.4 is 0 Å². The number of benzene rings is 2. The Kier molecular flexibility index (Phi) is 5.43. The summed E-state index contributed by atoms with van der Waals surface area (Å²) >= 11 is 7.09. The van der Waals surface area contributed by atoms with Crippen LogP contribution in [0.5, 0.6) is 0 Å². The summed E-state index contributed by atoms with van der Waals surface area (Å²) in [6.45, 7) is 0.179. The number of carbonyl (C=O) groups excluding carboxylic acids is 2. The van der Waals surface area contributed by atoms with Crippen molar-refractivity contribution in [3.05, 3.63) is 63.2 Å². The lowest BCUT2D eigenvalue weighted by Gasteiger charge is -2.11. The number of rotatable bonds is 5. The minimum absolute atomic E-state index is 0.0128. The molecule has 1 aliphatic rings. The SMILES string of the molecule is O=C(O[C@@H]1CCOC1=O)c1cc([N+](=O)[O-])ccc1Sc1ccc(Cl)cc1. The molecule has 1 heterocycles. The molecule has 1 fully saturated rings. The fourth-order valence-corrected chi connectivity index (χ4v) is 3.33. The third-order valence-electron chi connectivity index (χ3n) is 3.57. The van der Waals surface area contributed by atoms with Crippen LogP contribution in [0.1, 0.15) is 16.8 Å². The summed E-state index contributed by atoms with van der Waals surface area (Å²) in [5.74, 6) is -1.43. The van der Waals surface area contributed by atoms with Gasteiger partial charge in [-0.1, -0.05) is 23.4 Å². The Bertz CT molecular complexity index is 870. The Morgan fingerprint density at radius 1 is 1.27 bits per heavy atom. The molecule has 1 atom stereocenters. The molecule has 0 amide bonds. The van der Waals surface area contributed by atoms with Gasteiger partial charge in [-0.05, 0) is 30.3 Å². The average Bonchev–Trinajstić information content (AvgIpc) is 3.01. The van der Waals surface area contributed by atoms with Crippen LogP contribution in [-0.2, 0) is 14.3 Å². The molecule has 0 bridgehead atoms. The molecule has 2 aromatic carbocycles. The smallest absolute Gasteiger partial charge is 0.347 e. The van der Waals surface area contributed by atoms with Crippen LogP contribution in [0.2, 0.25) is 5.02 Å². The predicted octanol–water partition coefficient (Wildman–Crippen LogP) is 3.87. The van der Waals surface area contributed by atoms with E-state index in [1.54, 1.807) is 24.3 Å². The largest absolute Gasteiger partial charge is 0.463 e. The van der Waals surface area contributed by atoms with Crippen LogP contribution in [0.15, 0.2) is 52.3 Å². The number of esters is 2. The Morgan fingerprint density at radius 2 is 2.00 bits per heavy atom. The van der Waals surface area contributed by atoms with Gasteiger partial charge >= 0.3 is 11.9 Å². The molecule has 0 saturated carbocycles. The van der Waals surface area contributed by atoms with Gasteiger partial charge in [-0.25, -0.2) is 9.59 Å². The van der Waals surface area contributed by atoms with Gasteiger partial charge in [-0.15, -0.1) is 0 Å². The zero-order valence-electron chi connectivity index (χ0n) is 13.2. The highest BCUT2D eigenvalue weighted by Gasteiger charge is 2.31. The highest BCUT2D eigenvalue weighted by Crippen LogP contribution is 2.34. The summed E-state index contributed by atoms with van der Waals surface area (Å²) in [5.41, 5.74) is -0.231. The van der Waals surface area contributed by atoms with Crippen LogP contribution in [0.4, 0.5) is 5.69 Å². The van der Waals surface area contributed by atoms with Crippen molar-refractivity contribution < 1.29 is 24.0 Å². The van der Waals surface area contributed by atoms with Crippen molar-refractivity contribution in [1.29, 1.82) is 0 Å². The molecule has 0 unspecified atom stereocenters. The molecule has 0 radical (unpaired) electrons. The van der Waals surface area contributed by atoms with Crippen molar-refractivity contribution in [2.45, 2.75) is 22.3 Å². The topological polar surface area (TPSA) is 95.7 Å². The van der Waals surface area contributed by atoms with Gasteiger partial charge in [0.25, 0.3) is 5.69 Å². The molecular weight excluding hydrogens is 382 g/mol. The zero-order valence-corrected chi connectivity index (χ0v) is 14.8. The standard InChI is InChI=1S/C17H12ClNO6S/c18-10-1-4-12(5-2-10)26-15-6-3-11(19(22)23)9-13(15)16(20)25-14-7-8-24-17(14)21/h1-6,9,14H,7-8H2/t14-/m1/s1. The minimum atomic E-state index is -0.991. The molecular formula is C17H12ClNO6S. The van der Waals surface area contributed by atoms with Crippen LogP contribution in [-0.4, -0.2) is 29.6 Å². The Hall–Kier alpha value is -2.58. The second-order valence-electron chi connectivity index (χ2n) is 5.34. The van der Waals surface area contributed by atoms with Gasteiger partial charge in [0.2, 0.25) is 6.10 Å². The summed E-state index contributed by atoms with van der Waals surface area (Å²) < 4.78 is 9.93. The third-order valence-corrected chi connectivity index (χ3v) is 4.91. The van der Waals surface area contributed by atoms with E-state index in [1.807, 2.05) is 0 Å². The Morgan fingerprint density at radius 3 is 2.62 bits per heavy atom. The second kappa shape index (κ2) is 7.76. The summed E-state index contributed by atoms with van der Waals surface area (Å²) in [7, 11) is 0. The molecule has 9 heteroatoms. The number of nitro benzene ring substituents is 1. The van der Waals surface area contributed by atoms with Gasteiger partial charge < -0.3 is 9.47 Å². The predicted molar refractivity (Wildman–Crippen MR) is 93.5 cm³/mol. The number of hydrogen-bond donors (Lipinski definition) is 0. The number of cyclic esters (lactones) is 1. The number of halogens is 1. The lowest BCUT2D eigenvalue weighted by Crippen LogP contribution is -2.23. The van der Waals surface area contributed by atoms with E-state index >= 15 is 0 Å². The maximum absolute atomic E-state index is 12.5. The summed E-state index contributed by atoms with van der Waals surface area (Å²) in [6.07, 6.45) is -0.728. The molecule has 26 heavy (non-hydrogen) atoms. The quantitative estimate of drug-likeness (QED) is 0.432. The first-order chi connectivity index (χ1) is 12.4. The van der Waals surface area contributed by atoms with Crippen molar-refractivity contribution in [3.8, 4) is 0 Å². The third kappa shape index (κ3) is 4.14. The number of non-ortho nitro benzene ring substituents is 1. The normalized spacial score (nSPS) is 16.2. The lowest BCUT2D eigenvalue weighted by molar-refractivity contribution is -0.384. The first-order valence-electron chi connectivity index (χ1n) is 7.53. The number of nitro groups is 1. The van der Waals surface area contributed by atoms with E-state index in [4.69, 9.17) is 21.1 Å². The summed E-state index contributed by atoms with van der Waals surface area (Å²) in [6, 6.07) is 10.8. The molecule has 7 nitrogen and oxygen atoms in total. The monoisotopic (exact) mass is 393 g/mol. The van der Waals surface area contributed by atoms with E-state index in [1.165, 1.54) is 23.9 Å². The molecule has 0 spiro atoms. The number of carbonyl (C=O) groups is 2. The fraction of sp³-hybridized carbons (Fsp3) is 0.176. The number of hydrogen-bond acceptors (Lipinski definition) is 7. The first kappa shape index (κ1) is 18.2. The van der Waals surface area contributed by atoms with E-state index in [2.05, 4.69) is 0 Å². The van der Waals surface area contributed by atoms with Gasteiger partial charge in [-0.3, -0.25) is 10.1 Å². The van der Waals surface area contributed by atoms with Gasteiger partial charge in [0.1, 0.15) is 0 Å². The number of nitrogens with zero attached hydrogens (tertiary/aromatic N) is 1. The highest BCUT2D eigenvalue weighted by atomic mass is 35.5. The van der Waals surface area contributed by atoms with Crippen molar-refractivity contribution >= 4 is 41.0 Å². The van der Waals surface area contributed by atoms with E-state index < -0.39 is 23.0 Å². The van der Waals surface area contributed by atoms with E-state index in [9.17, 15) is 19.7 Å². The maximum atomic E-state index is 12.5. The van der Waals surface area contributed by atoms with E-state index in [-0.39, 0.29) is 24.3 Å². The summed E-state index contributed by atoms with van der Waals surface area (Å²) in [5, 5.41) is 11.6. The van der Waals surface area contributed by atoms with Crippen molar-refractivity contribution in [2.24, 2.45) is 0 Å². The van der Waals surface area contributed by atoms with Gasteiger partial charge in [0.15, 0.2) is 0 Å². The van der Waals surface area contributed by atoms with Crippen LogP contribution in [0.3, 0.4) is 0 Å². The van der Waals surface area contributed by atoms with Crippen molar-refractivity contribution in [2.75, 3.05) is 6.61 Å². The highest BCUT2D eigenvalue weighted by molar-refractivity contribution is 7.99. The van der Waals surface area contributed by atoms with Gasteiger partial charge in [0, 0.05) is 33.4 Å². The zero-order chi connectivity index (χ0) is 18.7. The van der Waals surface area contributed by atoms with Crippen LogP contribution in [0.25, 0.3) is 0 Å². The maximum Gasteiger partial charge on any atom is 0.347 e. The molecule has 2 aromatic rings. The molecule has 0 aliphatic carbocycles. The first-order valence-corrected chi connectivity index (χ1v) is 8.73. The number of ether oxygens (including phenoxy) is 2. The second-order valence-corrected chi connectivity index (χ2v) is 6.90. The van der Waals surface area contributed by atoms with Crippen LogP contribution >= 0.6 is 23.4 Å². The fourth-order valence-electron chi connectivity index (χ4n) is 2.29. The van der Waals surface area contributed by atoms with Crippen LogP contribution in [0, 0.1) is 10.1 Å². The van der Waals surface area contributed by atoms with Crippen molar-refractivity contribution in [1.82, 2.24) is 0 Å². The molecule has 0 aromatic heterocycles. The Balaban J connectivity index is 1.90. The molecule has 3 rings (SSSR count). The van der Waals surface area contributed by atoms with Crippen molar-refractivity contribution in [3.63, 3.8) is 0 Å². The molecule has 1 saturated heterocycles. The van der Waals surface area contributed by atoms with Gasteiger partial charge in [0.05, 0.1) is 17.1 Å². The average molecular weight is 394 g/mol. The Labute approximate surface area is 157 Å². The molecule has 0 N–H and O–H groups in total. The summed E-state index contributed by atoms with van der Waals surface area (Å²) in [4.78, 5) is 35.7. The minimum Gasteiger partial charge on any atom is -0.463 e. The van der Waals surface area contributed by atoms with E-state index in [0.29, 0.717) is 9.92 Å². The molecule has 134 valence electrons. The van der Waals surface area contributed by atoms with Gasteiger partial charge in [-0.2, -0.15) is 0 Å².